The van der Waals surface area contributed by atoms with E-state index in [1.54, 1.807) is 4.90 Å². The smallest absolute Gasteiger partial charge is 0.255 e. The molecule has 2 heterocycles. The zero-order chi connectivity index (χ0) is 20.5. The predicted molar refractivity (Wildman–Crippen MR) is 109 cm³/mol. The molecule has 4 rings (SSSR count). The molecule has 4 N–H and O–H groups in total. The molecule has 2 aromatic carbocycles. The number of nitrogens with zero attached hydrogens (tertiary/aromatic N) is 1. The Hall–Kier alpha value is -3.19. The summed E-state index contributed by atoms with van der Waals surface area (Å²) in [6.07, 6.45) is 0.629. The van der Waals surface area contributed by atoms with Crippen LogP contribution in [-0.2, 0) is 22.7 Å². The van der Waals surface area contributed by atoms with E-state index in [9.17, 15) is 14.4 Å². The molecular weight excluding hydrogens is 368 g/mol. The summed E-state index contributed by atoms with van der Waals surface area (Å²) in [5.74, 6) is -0.824. The highest BCUT2D eigenvalue weighted by atomic mass is 16.2. The Kier molecular flexibility index (Phi) is 5.07. The lowest BCUT2D eigenvalue weighted by atomic mass is 10.0. The van der Waals surface area contributed by atoms with E-state index in [0.717, 1.165) is 22.4 Å². The molecule has 0 saturated carbocycles. The molecule has 150 valence electrons. The molecular formula is C22H24N4O3. The van der Waals surface area contributed by atoms with Gasteiger partial charge in [0, 0.05) is 36.8 Å². The van der Waals surface area contributed by atoms with Gasteiger partial charge in [-0.15, -0.1) is 0 Å². The average molecular weight is 392 g/mol. The second kappa shape index (κ2) is 7.67. The van der Waals surface area contributed by atoms with Gasteiger partial charge in [0.25, 0.3) is 5.91 Å². The van der Waals surface area contributed by atoms with E-state index in [1.165, 1.54) is 0 Å². The summed E-state index contributed by atoms with van der Waals surface area (Å²) >= 11 is 0. The number of hydrogen-bond acceptors (Lipinski definition) is 5. The van der Waals surface area contributed by atoms with Crippen molar-refractivity contribution in [3.63, 3.8) is 0 Å². The van der Waals surface area contributed by atoms with Gasteiger partial charge in [-0.2, -0.15) is 0 Å². The summed E-state index contributed by atoms with van der Waals surface area (Å²) in [4.78, 5) is 38.0. The van der Waals surface area contributed by atoms with Crippen LogP contribution in [0.25, 0.3) is 0 Å². The first-order chi connectivity index (χ1) is 13.9. The second-order valence-corrected chi connectivity index (χ2v) is 7.66. The van der Waals surface area contributed by atoms with Gasteiger partial charge in [0.15, 0.2) is 0 Å². The molecule has 1 saturated heterocycles. The Bertz CT molecular complexity index is 969. The first kappa shape index (κ1) is 19.1. The van der Waals surface area contributed by atoms with Crippen LogP contribution in [0.5, 0.6) is 0 Å². The van der Waals surface area contributed by atoms with Crippen molar-refractivity contribution in [3.8, 4) is 0 Å². The standard InChI is InChI=1S/C22H24N4O3/c1-13(23)15-4-6-17(7-5-15)24-11-14-2-3-16-12-26(22(29)18(16)10-14)19-8-9-20(27)25-21(19)28/h2-7,10,13,19,24H,8-9,11-12,23H2,1H3,(H,25,27,28)/t13-,19?/m1/s1. The van der Waals surface area contributed by atoms with Gasteiger partial charge in [0.05, 0.1) is 0 Å². The lowest BCUT2D eigenvalue weighted by Crippen LogP contribution is -2.52. The van der Waals surface area contributed by atoms with Gasteiger partial charge in [0.1, 0.15) is 6.04 Å². The van der Waals surface area contributed by atoms with E-state index in [4.69, 9.17) is 5.73 Å². The number of anilines is 1. The van der Waals surface area contributed by atoms with E-state index in [1.807, 2.05) is 49.4 Å². The monoisotopic (exact) mass is 392 g/mol. The number of benzene rings is 2. The van der Waals surface area contributed by atoms with Gasteiger partial charge in [-0.1, -0.05) is 24.3 Å². The van der Waals surface area contributed by atoms with Crippen molar-refractivity contribution in [1.82, 2.24) is 10.2 Å². The number of carbonyl (C=O) groups excluding carboxylic acids is 3. The summed E-state index contributed by atoms with van der Waals surface area (Å²) < 4.78 is 0. The zero-order valence-electron chi connectivity index (χ0n) is 16.3. The Morgan fingerprint density at radius 1 is 1.17 bits per heavy atom. The van der Waals surface area contributed by atoms with Crippen molar-refractivity contribution >= 4 is 23.4 Å². The molecule has 0 aromatic heterocycles. The van der Waals surface area contributed by atoms with Crippen LogP contribution in [0.4, 0.5) is 5.69 Å². The van der Waals surface area contributed by atoms with Crippen molar-refractivity contribution in [3.05, 3.63) is 64.7 Å². The van der Waals surface area contributed by atoms with E-state index in [2.05, 4.69) is 10.6 Å². The predicted octanol–water partition coefficient (Wildman–Crippen LogP) is 2.08. The van der Waals surface area contributed by atoms with Crippen LogP contribution in [0.2, 0.25) is 0 Å². The molecule has 3 amide bonds. The number of carbonyl (C=O) groups is 3. The molecule has 1 fully saturated rings. The molecule has 7 heteroatoms. The van der Waals surface area contributed by atoms with Crippen LogP contribution in [-0.4, -0.2) is 28.7 Å². The normalized spacial score (nSPS) is 19.7. The minimum atomic E-state index is -0.586. The van der Waals surface area contributed by atoms with Gasteiger partial charge in [0.2, 0.25) is 11.8 Å². The van der Waals surface area contributed by atoms with E-state index < -0.39 is 6.04 Å². The Balaban J connectivity index is 1.44. The van der Waals surface area contributed by atoms with Gasteiger partial charge in [-0.3, -0.25) is 19.7 Å². The maximum atomic E-state index is 12.9. The summed E-state index contributed by atoms with van der Waals surface area (Å²) in [6, 6.07) is 13.2. The Morgan fingerprint density at radius 3 is 2.62 bits per heavy atom. The minimum Gasteiger partial charge on any atom is -0.381 e. The maximum absolute atomic E-state index is 12.9. The Morgan fingerprint density at radius 2 is 1.93 bits per heavy atom. The van der Waals surface area contributed by atoms with Crippen molar-refractivity contribution in [2.24, 2.45) is 5.73 Å². The van der Waals surface area contributed by atoms with Crippen molar-refractivity contribution in [2.75, 3.05) is 5.32 Å². The van der Waals surface area contributed by atoms with Crippen molar-refractivity contribution < 1.29 is 14.4 Å². The molecule has 0 radical (unpaired) electrons. The van der Waals surface area contributed by atoms with Gasteiger partial charge in [-0.25, -0.2) is 0 Å². The van der Waals surface area contributed by atoms with E-state index in [-0.39, 0.29) is 30.2 Å². The van der Waals surface area contributed by atoms with Crippen molar-refractivity contribution in [1.29, 1.82) is 0 Å². The summed E-state index contributed by atoms with van der Waals surface area (Å²) in [6.45, 7) is 2.92. The highest BCUT2D eigenvalue weighted by Gasteiger charge is 2.39. The number of nitrogens with one attached hydrogen (secondary N) is 2. The van der Waals surface area contributed by atoms with Crippen LogP contribution in [0.3, 0.4) is 0 Å². The zero-order valence-corrected chi connectivity index (χ0v) is 16.3. The van der Waals surface area contributed by atoms with Crippen molar-refractivity contribution in [2.45, 2.75) is 44.9 Å². The first-order valence-corrected chi connectivity index (χ1v) is 9.78. The first-order valence-electron chi connectivity index (χ1n) is 9.78. The molecule has 7 nitrogen and oxygen atoms in total. The number of imide groups is 1. The topological polar surface area (TPSA) is 105 Å². The molecule has 2 atom stereocenters. The lowest BCUT2D eigenvalue weighted by molar-refractivity contribution is -0.136. The van der Waals surface area contributed by atoms with Crippen LogP contribution < -0.4 is 16.4 Å². The molecule has 0 spiro atoms. The lowest BCUT2D eigenvalue weighted by Gasteiger charge is -2.29. The molecule has 2 aliphatic rings. The molecule has 1 unspecified atom stereocenters. The molecule has 0 bridgehead atoms. The summed E-state index contributed by atoms with van der Waals surface area (Å²) in [5.41, 5.74) is 10.4. The van der Waals surface area contributed by atoms with E-state index in [0.29, 0.717) is 25.1 Å². The number of fused-ring (bicyclic) bond motifs is 1. The fourth-order valence-corrected chi connectivity index (χ4v) is 3.82. The van der Waals surface area contributed by atoms with Gasteiger partial charge >= 0.3 is 0 Å². The Labute approximate surface area is 169 Å². The molecule has 0 aliphatic carbocycles. The number of rotatable bonds is 5. The molecule has 29 heavy (non-hydrogen) atoms. The number of nitrogens with two attached hydrogens (primary N) is 1. The third-order valence-electron chi connectivity index (χ3n) is 5.53. The highest BCUT2D eigenvalue weighted by Crippen LogP contribution is 2.28. The molecule has 2 aromatic rings. The minimum absolute atomic E-state index is 0.000847. The number of amides is 3. The third kappa shape index (κ3) is 3.86. The fraction of sp³-hybridized carbons (Fsp3) is 0.318. The summed E-state index contributed by atoms with van der Waals surface area (Å²) in [5, 5.41) is 5.68. The number of hydrogen-bond donors (Lipinski definition) is 3. The second-order valence-electron chi connectivity index (χ2n) is 7.66. The largest absolute Gasteiger partial charge is 0.381 e. The molecule has 2 aliphatic heterocycles. The maximum Gasteiger partial charge on any atom is 0.255 e. The van der Waals surface area contributed by atoms with E-state index >= 15 is 0 Å². The fourth-order valence-electron chi connectivity index (χ4n) is 3.82. The van der Waals surface area contributed by atoms with Gasteiger partial charge in [-0.05, 0) is 48.2 Å². The van der Waals surface area contributed by atoms with Crippen LogP contribution in [0.15, 0.2) is 42.5 Å². The van der Waals surface area contributed by atoms with Crippen LogP contribution in [0, 0.1) is 0 Å². The quantitative estimate of drug-likeness (QED) is 0.676. The average Bonchev–Trinajstić information content (AvgIpc) is 3.03. The van der Waals surface area contributed by atoms with Gasteiger partial charge < -0.3 is 16.0 Å². The number of piperidine rings is 1. The van der Waals surface area contributed by atoms with Crippen LogP contribution >= 0.6 is 0 Å². The third-order valence-corrected chi connectivity index (χ3v) is 5.53. The van der Waals surface area contributed by atoms with Crippen LogP contribution in [0.1, 0.15) is 52.9 Å². The SMILES string of the molecule is C[C@@H](N)c1ccc(NCc2ccc3c(c2)C(=O)N(C2CCC(=O)NC2=O)C3)cc1. The highest BCUT2D eigenvalue weighted by molar-refractivity contribution is 6.05. The summed E-state index contributed by atoms with van der Waals surface area (Å²) in [7, 11) is 0.